The van der Waals surface area contributed by atoms with Crippen LogP contribution in [0, 0.1) is 10.1 Å². The number of benzene rings is 2. The Morgan fingerprint density at radius 1 is 1.25 bits per heavy atom. The summed E-state index contributed by atoms with van der Waals surface area (Å²) >= 11 is 1.46. The Labute approximate surface area is 167 Å². The van der Waals surface area contributed by atoms with Crippen molar-refractivity contribution < 1.29 is 9.66 Å². The summed E-state index contributed by atoms with van der Waals surface area (Å²) in [6.07, 6.45) is 2.47. The Kier molecular flexibility index (Phi) is 6.44. The van der Waals surface area contributed by atoms with Gasteiger partial charge in [-0.2, -0.15) is 0 Å². The number of methoxy groups -OCH3 is 1. The minimum Gasteiger partial charge on any atom is -0.496 e. The maximum absolute atomic E-state index is 11.1. The summed E-state index contributed by atoms with van der Waals surface area (Å²) in [5.41, 5.74) is 1.92. The van der Waals surface area contributed by atoms with E-state index in [9.17, 15) is 10.1 Å². The second-order valence-corrected chi connectivity index (χ2v) is 6.94. The van der Waals surface area contributed by atoms with Gasteiger partial charge in [-0.1, -0.05) is 48.2 Å². The van der Waals surface area contributed by atoms with Gasteiger partial charge in [0.15, 0.2) is 5.16 Å². The van der Waals surface area contributed by atoms with Gasteiger partial charge in [0.25, 0.3) is 5.69 Å². The van der Waals surface area contributed by atoms with Gasteiger partial charge in [0.1, 0.15) is 11.6 Å². The van der Waals surface area contributed by atoms with Gasteiger partial charge < -0.3 is 9.30 Å². The SMILES string of the molecule is C=CCn1c(Cc2ccccc2)nnc1SCc1cc([N+](=O)[O-])ccc1OC. The monoisotopic (exact) mass is 396 g/mol. The molecule has 2 aromatic carbocycles. The third-order valence-electron chi connectivity index (χ3n) is 4.14. The summed E-state index contributed by atoms with van der Waals surface area (Å²) in [4.78, 5) is 10.7. The quantitative estimate of drug-likeness (QED) is 0.233. The van der Waals surface area contributed by atoms with Crippen LogP contribution in [0.4, 0.5) is 5.69 Å². The van der Waals surface area contributed by atoms with Crippen LogP contribution >= 0.6 is 11.8 Å². The normalized spacial score (nSPS) is 10.6. The van der Waals surface area contributed by atoms with Crippen molar-refractivity contribution in [2.75, 3.05) is 7.11 Å². The molecule has 0 aliphatic rings. The van der Waals surface area contributed by atoms with Crippen LogP contribution in [0.15, 0.2) is 66.3 Å². The highest BCUT2D eigenvalue weighted by Crippen LogP contribution is 2.30. The first-order valence-corrected chi connectivity index (χ1v) is 9.62. The number of allylic oxidation sites excluding steroid dienone is 1. The van der Waals surface area contributed by atoms with E-state index in [-0.39, 0.29) is 5.69 Å². The molecule has 0 aliphatic carbocycles. The molecular formula is C20H20N4O3S. The zero-order valence-electron chi connectivity index (χ0n) is 15.4. The number of nitro benzene ring substituents is 1. The Morgan fingerprint density at radius 2 is 2.04 bits per heavy atom. The summed E-state index contributed by atoms with van der Waals surface area (Å²) in [7, 11) is 1.55. The van der Waals surface area contributed by atoms with Crippen LogP contribution in [-0.2, 0) is 18.7 Å². The fourth-order valence-corrected chi connectivity index (χ4v) is 3.73. The molecule has 0 radical (unpaired) electrons. The van der Waals surface area contributed by atoms with Gasteiger partial charge >= 0.3 is 0 Å². The van der Waals surface area contributed by atoms with E-state index in [2.05, 4.69) is 16.8 Å². The molecule has 3 rings (SSSR count). The van der Waals surface area contributed by atoms with Crippen molar-refractivity contribution >= 4 is 17.4 Å². The topological polar surface area (TPSA) is 83.1 Å². The molecule has 0 spiro atoms. The molecular weight excluding hydrogens is 376 g/mol. The summed E-state index contributed by atoms with van der Waals surface area (Å²) < 4.78 is 7.34. The van der Waals surface area contributed by atoms with Crippen molar-refractivity contribution in [2.24, 2.45) is 0 Å². The lowest BCUT2D eigenvalue weighted by Gasteiger charge is -2.10. The predicted octanol–water partition coefficient (Wildman–Crippen LogP) is 4.26. The molecule has 0 saturated heterocycles. The molecule has 8 heteroatoms. The molecule has 0 unspecified atom stereocenters. The lowest BCUT2D eigenvalue weighted by molar-refractivity contribution is -0.384. The van der Waals surface area contributed by atoms with E-state index in [1.165, 1.54) is 23.9 Å². The molecule has 3 aromatic rings. The lowest BCUT2D eigenvalue weighted by atomic mass is 10.1. The van der Waals surface area contributed by atoms with E-state index in [0.717, 1.165) is 22.1 Å². The van der Waals surface area contributed by atoms with Crippen LogP contribution in [-0.4, -0.2) is 26.8 Å². The van der Waals surface area contributed by atoms with Crippen molar-refractivity contribution in [1.29, 1.82) is 0 Å². The van der Waals surface area contributed by atoms with Crippen LogP contribution in [0.5, 0.6) is 5.75 Å². The Bertz CT molecular complexity index is 973. The molecule has 0 aliphatic heterocycles. The molecule has 144 valence electrons. The van der Waals surface area contributed by atoms with Gasteiger partial charge in [-0.25, -0.2) is 0 Å². The number of non-ortho nitro benzene ring substituents is 1. The number of thioether (sulfide) groups is 1. The number of ether oxygens (including phenoxy) is 1. The zero-order valence-corrected chi connectivity index (χ0v) is 16.3. The lowest BCUT2D eigenvalue weighted by Crippen LogP contribution is -2.05. The minimum absolute atomic E-state index is 0.0359. The third kappa shape index (κ3) is 4.58. The number of rotatable bonds is 9. The molecule has 0 atom stereocenters. The predicted molar refractivity (Wildman–Crippen MR) is 109 cm³/mol. The molecule has 28 heavy (non-hydrogen) atoms. The van der Waals surface area contributed by atoms with Crippen molar-refractivity contribution in [3.8, 4) is 5.75 Å². The summed E-state index contributed by atoms with van der Waals surface area (Å²) in [5.74, 6) is 1.93. The van der Waals surface area contributed by atoms with Gasteiger partial charge in [0, 0.05) is 36.4 Å². The standard InChI is InChI=1S/C20H20N4O3S/c1-3-11-23-19(12-15-7-5-4-6-8-15)21-22-20(23)28-14-16-13-17(24(25)26)9-10-18(16)27-2/h3-10,13H,1,11-12,14H2,2H3. The van der Waals surface area contributed by atoms with Crippen LogP contribution < -0.4 is 4.74 Å². The number of nitrogens with zero attached hydrogens (tertiary/aromatic N) is 4. The largest absolute Gasteiger partial charge is 0.496 e. The molecule has 1 heterocycles. The zero-order chi connectivity index (χ0) is 19.9. The van der Waals surface area contributed by atoms with Gasteiger partial charge in [-0.05, 0) is 11.6 Å². The highest BCUT2D eigenvalue weighted by atomic mass is 32.2. The van der Waals surface area contributed by atoms with Crippen molar-refractivity contribution in [3.05, 3.63) is 88.3 Å². The number of hydrogen-bond acceptors (Lipinski definition) is 6. The number of aromatic nitrogens is 3. The minimum atomic E-state index is -0.411. The first kappa shape index (κ1) is 19.6. The second-order valence-electron chi connectivity index (χ2n) is 6.00. The first-order chi connectivity index (χ1) is 13.6. The Balaban J connectivity index is 1.82. The Hall–Kier alpha value is -3.13. The number of hydrogen-bond donors (Lipinski definition) is 0. The third-order valence-corrected chi connectivity index (χ3v) is 5.16. The van der Waals surface area contributed by atoms with Crippen LogP contribution in [0.25, 0.3) is 0 Å². The smallest absolute Gasteiger partial charge is 0.270 e. The average molecular weight is 396 g/mol. The summed E-state index contributed by atoms with van der Waals surface area (Å²) in [6, 6.07) is 14.6. The van der Waals surface area contributed by atoms with E-state index >= 15 is 0 Å². The summed E-state index contributed by atoms with van der Waals surface area (Å²) in [6.45, 7) is 4.41. The molecule has 0 saturated carbocycles. The first-order valence-electron chi connectivity index (χ1n) is 8.63. The fourth-order valence-electron chi connectivity index (χ4n) is 2.78. The van der Waals surface area contributed by atoms with E-state index < -0.39 is 4.92 Å². The van der Waals surface area contributed by atoms with E-state index in [1.807, 2.05) is 34.9 Å². The number of nitro groups is 1. The van der Waals surface area contributed by atoms with E-state index in [0.29, 0.717) is 24.5 Å². The van der Waals surface area contributed by atoms with Gasteiger partial charge in [-0.3, -0.25) is 10.1 Å². The van der Waals surface area contributed by atoms with E-state index in [1.54, 1.807) is 19.3 Å². The highest BCUT2D eigenvalue weighted by molar-refractivity contribution is 7.98. The van der Waals surface area contributed by atoms with Crippen molar-refractivity contribution in [3.63, 3.8) is 0 Å². The summed E-state index contributed by atoms with van der Waals surface area (Å²) in [5, 5.41) is 20.4. The molecule has 0 fully saturated rings. The van der Waals surface area contributed by atoms with Crippen LogP contribution in [0.2, 0.25) is 0 Å². The second kappa shape index (κ2) is 9.18. The van der Waals surface area contributed by atoms with Crippen LogP contribution in [0.3, 0.4) is 0 Å². The maximum atomic E-state index is 11.1. The van der Waals surface area contributed by atoms with Crippen molar-refractivity contribution in [2.45, 2.75) is 23.9 Å². The highest BCUT2D eigenvalue weighted by Gasteiger charge is 2.16. The molecule has 1 aromatic heterocycles. The Morgan fingerprint density at radius 3 is 2.71 bits per heavy atom. The van der Waals surface area contributed by atoms with Crippen molar-refractivity contribution in [1.82, 2.24) is 14.8 Å². The van der Waals surface area contributed by atoms with Gasteiger partial charge in [0.2, 0.25) is 0 Å². The van der Waals surface area contributed by atoms with Gasteiger partial charge in [-0.15, -0.1) is 16.8 Å². The average Bonchev–Trinajstić information content (AvgIpc) is 3.08. The molecule has 0 amide bonds. The van der Waals surface area contributed by atoms with Crippen LogP contribution in [0.1, 0.15) is 17.0 Å². The van der Waals surface area contributed by atoms with E-state index in [4.69, 9.17) is 4.74 Å². The molecule has 7 nitrogen and oxygen atoms in total. The van der Waals surface area contributed by atoms with Gasteiger partial charge in [0.05, 0.1) is 12.0 Å². The molecule has 0 bridgehead atoms. The molecule has 0 N–H and O–H groups in total. The fraction of sp³-hybridized carbons (Fsp3) is 0.200. The maximum Gasteiger partial charge on any atom is 0.270 e.